The molecule has 0 fully saturated rings. The third-order valence-electron chi connectivity index (χ3n) is 3.72. The van der Waals surface area contributed by atoms with Crippen molar-refractivity contribution in [1.82, 2.24) is 20.0 Å². The molecule has 1 atom stereocenters. The minimum absolute atomic E-state index is 0.233. The number of hydrogen-bond acceptors (Lipinski definition) is 3. The summed E-state index contributed by atoms with van der Waals surface area (Å²) in [4.78, 5) is 2.21. The van der Waals surface area contributed by atoms with E-state index in [2.05, 4.69) is 36.3 Å². The predicted molar refractivity (Wildman–Crippen MR) is 83.0 cm³/mol. The molecule has 4 nitrogen and oxygen atoms in total. The number of nitrogens with zero attached hydrogens (tertiary/aromatic N) is 3. The molecule has 0 saturated heterocycles. The van der Waals surface area contributed by atoms with Crippen LogP contribution < -0.4 is 5.32 Å². The van der Waals surface area contributed by atoms with Crippen LogP contribution in [0.1, 0.15) is 19.0 Å². The Morgan fingerprint density at radius 3 is 2.62 bits per heavy atom. The van der Waals surface area contributed by atoms with Gasteiger partial charge in [-0.25, -0.2) is 9.07 Å². The normalized spacial score (nSPS) is 12.8. The van der Waals surface area contributed by atoms with Gasteiger partial charge in [0.15, 0.2) is 0 Å². The van der Waals surface area contributed by atoms with Crippen LogP contribution >= 0.6 is 0 Å². The summed E-state index contributed by atoms with van der Waals surface area (Å²) in [6.45, 7) is 3.91. The summed E-state index contributed by atoms with van der Waals surface area (Å²) in [6, 6.07) is 8.91. The predicted octanol–water partition coefficient (Wildman–Crippen LogP) is 2.44. The van der Waals surface area contributed by atoms with E-state index in [0.29, 0.717) is 6.04 Å². The summed E-state index contributed by atoms with van der Waals surface area (Å²) in [5.74, 6) is -0.233. The van der Waals surface area contributed by atoms with E-state index in [1.54, 1.807) is 18.3 Å². The molecule has 0 aliphatic carbocycles. The summed E-state index contributed by atoms with van der Waals surface area (Å²) in [5, 5.41) is 7.74. The van der Waals surface area contributed by atoms with Crippen LogP contribution in [0.25, 0.3) is 5.69 Å². The number of hydrogen-bond donors (Lipinski definition) is 1. The largest absolute Gasteiger partial charge is 0.311 e. The molecule has 1 N–H and O–H groups in total. The van der Waals surface area contributed by atoms with Gasteiger partial charge in [0.1, 0.15) is 5.82 Å². The molecule has 0 spiro atoms. The molecular weight excluding hydrogens is 267 g/mol. The van der Waals surface area contributed by atoms with Gasteiger partial charge in [0.25, 0.3) is 0 Å². The Labute approximate surface area is 125 Å². The van der Waals surface area contributed by atoms with Crippen molar-refractivity contribution in [3.8, 4) is 5.69 Å². The minimum atomic E-state index is -0.233. The van der Waals surface area contributed by atoms with Crippen LogP contribution in [0.5, 0.6) is 0 Å². The van der Waals surface area contributed by atoms with Crippen molar-refractivity contribution >= 4 is 0 Å². The number of rotatable bonds is 7. The maximum Gasteiger partial charge on any atom is 0.123 e. The zero-order chi connectivity index (χ0) is 15.2. The highest BCUT2D eigenvalue weighted by Gasteiger charge is 2.06. The Hall–Kier alpha value is -1.72. The number of aromatic nitrogens is 2. The molecule has 1 aromatic heterocycles. The van der Waals surface area contributed by atoms with Crippen molar-refractivity contribution in [2.24, 2.45) is 0 Å². The molecule has 0 aliphatic rings. The molecule has 0 aliphatic heterocycles. The molecule has 2 aromatic rings. The second kappa shape index (κ2) is 7.33. The second-order valence-electron chi connectivity index (χ2n) is 5.49. The third kappa shape index (κ3) is 4.37. The lowest BCUT2D eigenvalue weighted by Gasteiger charge is -2.19. The molecule has 21 heavy (non-hydrogen) atoms. The smallest absolute Gasteiger partial charge is 0.123 e. The first-order chi connectivity index (χ1) is 10.1. The summed E-state index contributed by atoms with van der Waals surface area (Å²) in [6.07, 6.45) is 2.86. The van der Waals surface area contributed by atoms with Crippen LogP contribution in [0.2, 0.25) is 0 Å². The van der Waals surface area contributed by atoms with E-state index in [-0.39, 0.29) is 5.82 Å². The van der Waals surface area contributed by atoms with Gasteiger partial charge in [0.05, 0.1) is 11.4 Å². The van der Waals surface area contributed by atoms with Gasteiger partial charge in [0.2, 0.25) is 0 Å². The minimum Gasteiger partial charge on any atom is -0.311 e. The van der Waals surface area contributed by atoms with Crippen molar-refractivity contribution in [1.29, 1.82) is 0 Å². The van der Waals surface area contributed by atoms with Gasteiger partial charge in [-0.3, -0.25) is 0 Å². The standard InChI is InChI=1S/C16H23FN4/c1-13(20(2)3)8-10-18-12-16-9-11-19-21(16)15-6-4-14(17)5-7-15/h4-7,9,11,13,18H,8,10,12H2,1-3H3/t13-/m1/s1. The van der Waals surface area contributed by atoms with Crippen LogP contribution in [-0.4, -0.2) is 41.4 Å². The van der Waals surface area contributed by atoms with Gasteiger partial charge in [0, 0.05) is 18.8 Å². The fourth-order valence-electron chi connectivity index (χ4n) is 2.06. The van der Waals surface area contributed by atoms with Crippen LogP contribution in [0.4, 0.5) is 4.39 Å². The molecule has 114 valence electrons. The maximum absolute atomic E-state index is 13.0. The van der Waals surface area contributed by atoms with E-state index in [9.17, 15) is 4.39 Å². The van der Waals surface area contributed by atoms with Gasteiger partial charge in [-0.15, -0.1) is 0 Å². The summed E-state index contributed by atoms with van der Waals surface area (Å²) >= 11 is 0. The molecule has 5 heteroatoms. The highest BCUT2D eigenvalue weighted by Crippen LogP contribution is 2.11. The number of benzene rings is 1. The SMILES string of the molecule is C[C@H](CCNCc1ccnn1-c1ccc(F)cc1)N(C)C. The van der Waals surface area contributed by atoms with E-state index in [1.807, 2.05) is 10.7 Å². The molecule has 0 radical (unpaired) electrons. The van der Waals surface area contributed by atoms with Crippen LogP contribution in [0, 0.1) is 5.82 Å². The van der Waals surface area contributed by atoms with E-state index in [1.165, 1.54) is 12.1 Å². The van der Waals surface area contributed by atoms with Gasteiger partial charge in [-0.05, 0) is 64.3 Å². The van der Waals surface area contributed by atoms with Crippen LogP contribution in [0.15, 0.2) is 36.5 Å². The second-order valence-corrected chi connectivity index (χ2v) is 5.49. The van der Waals surface area contributed by atoms with E-state index in [4.69, 9.17) is 0 Å². The van der Waals surface area contributed by atoms with Gasteiger partial charge < -0.3 is 10.2 Å². The summed E-state index contributed by atoms with van der Waals surface area (Å²) < 4.78 is 14.8. The third-order valence-corrected chi connectivity index (χ3v) is 3.72. The average Bonchev–Trinajstić information content (AvgIpc) is 2.92. The van der Waals surface area contributed by atoms with Gasteiger partial charge >= 0.3 is 0 Å². The van der Waals surface area contributed by atoms with E-state index in [0.717, 1.165) is 30.9 Å². The fraction of sp³-hybridized carbons (Fsp3) is 0.438. The number of halogens is 1. The Bertz CT molecular complexity index is 548. The zero-order valence-corrected chi connectivity index (χ0v) is 12.9. The zero-order valence-electron chi connectivity index (χ0n) is 12.9. The van der Waals surface area contributed by atoms with E-state index < -0.39 is 0 Å². The monoisotopic (exact) mass is 290 g/mol. The first-order valence-corrected chi connectivity index (χ1v) is 7.24. The fourth-order valence-corrected chi connectivity index (χ4v) is 2.06. The topological polar surface area (TPSA) is 33.1 Å². The Morgan fingerprint density at radius 2 is 1.95 bits per heavy atom. The number of nitrogens with one attached hydrogen (secondary N) is 1. The molecule has 0 saturated carbocycles. The van der Waals surface area contributed by atoms with Gasteiger partial charge in [-0.1, -0.05) is 0 Å². The first kappa shape index (κ1) is 15.7. The van der Waals surface area contributed by atoms with Crippen molar-refractivity contribution in [3.05, 3.63) is 48.0 Å². The van der Waals surface area contributed by atoms with Crippen molar-refractivity contribution in [2.45, 2.75) is 25.9 Å². The van der Waals surface area contributed by atoms with E-state index >= 15 is 0 Å². The highest BCUT2D eigenvalue weighted by atomic mass is 19.1. The Kier molecular flexibility index (Phi) is 5.47. The molecule has 0 unspecified atom stereocenters. The Morgan fingerprint density at radius 1 is 1.24 bits per heavy atom. The van der Waals surface area contributed by atoms with Crippen molar-refractivity contribution in [2.75, 3.05) is 20.6 Å². The highest BCUT2D eigenvalue weighted by molar-refractivity contribution is 5.32. The lowest BCUT2D eigenvalue weighted by atomic mass is 10.2. The molecular formula is C16H23FN4. The molecule has 2 rings (SSSR count). The summed E-state index contributed by atoms with van der Waals surface area (Å²) in [7, 11) is 4.18. The molecule has 1 heterocycles. The Balaban J connectivity index is 1.90. The van der Waals surface area contributed by atoms with Gasteiger partial charge in [-0.2, -0.15) is 5.10 Å². The molecule has 1 aromatic carbocycles. The average molecular weight is 290 g/mol. The van der Waals surface area contributed by atoms with Crippen LogP contribution in [0.3, 0.4) is 0 Å². The van der Waals surface area contributed by atoms with Crippen molar-refractivity contribution in [3.63, 3.8) is 0 Å². The lowest BCUT2D eigenvalue weighted by molar-refractivity contribution is 0.295. The maximum atomic E-state index is 13.0. The quantitative estimate of drug-likeness (QED) is 0.795. The molecule has 0 amide bonds. The summed E-state index contributed by atoms with van der Waals surface area (Å²) in [5.41, 5.74) is 1.94. The molecule has 0 bridgehead atoms. The first-order valence-electron chi connectivity index (χ1n) is 7.24. The van der Waals surface area contributed by atoms with Crippen molar-refractivity contribution < 1.29 is 4.39 Å². The lowest BCUT2D eigenvalue weighted by Crippen LogP contribution is -2.29. The van der Waals surface area contributed by atoms with Crippen LogP contribution in [-0.2, 0) is 6.54 Å².